The molecule has 0 radical (unpaired) electrons. The van der Waals surface area contributed by atoms with Gasteiger partial charge in [0.05, 0.1) is 12.8 Å². The molecule has 0 amide bonds. The monoisotopic (exact) mass is 167 g/mol. The van der Waals surface area contributed by atoms with Crippen LogP contribution >= 0.6 is 0 Å². The number of nitrogens with zero attached hydrogens (tertiary/aromatic N) is 3. The zero-order chi connectivity index (χ0) is 8.97. The number of carbonyl (C=O) groups excluding carboxylic acids is 1. The summed E-state index contributed by atoms with van der Waals surface area (Å²) in [5.74, 6) is -0.467. The number of ether oxygens (including phenoxy) is 1. The van der Waals surface area contributed by atoms with Gasteiger partial charge in [0.2, 0.25) is 0 Å². The molecule has 1 aromatic rings. The molecular weight excluding hydrogens is 158 g/mol. The van der Waals surface area contributed by atoms with Crippen molar-refractivity contribution >= 4 is 12.2 Å². The standard InChI is InChI=1S/C7H9N3O2/c1-3-10-5-6(8-9-10)7(11)12-4-2/h3,5H,1,4H2,2H3. The van der Waals surface area contributed by atoms with Crippen LogP contribution in [0.15, 0.2) is 12.8 Å². The molecule has 0 aliphatic carbocycles. The third kappa shape index (κ3) is 1.69. The van der Waals surface area contributed by atoms with Crippen LogP contribution in [0.4, 0.5) is 0 Å². The second-order valence-electron chi connectivity index (χ2n) is 1.99. The van der Waals surface area contributed by atoms with Crippen molar-refractivity contribution in [2.45, 2.75) is 6.92 Å². The third-order valence-corrected chi connectivity index (χ3v) is 1.18. The summed E-state index contributed by atoms with van der Waals surface area (Å²) in [4.78, 5) is 11.0. The summed E-state index contributed by atoms with van der Waals surface area (Å²) < 4.78 is 6.04. The fourth-order valence-electron chi connectivity index (χ4n) is 0.665. The highest BCUT2D eigenvalue weighted by Crippen LogP contribution is 1.95. The highest BCUT2D eigenvalue weighted by atomic mass is 16.5. The Bertz CT molecular complexity index is 293. The molecule has 5 nitrogen and oxygen atoms in total. The normalized spacial score (nSPS) is 9.42. The lowest BCUT2D eigenvalue weighted by Gasteiger charge is -1.94. The Kier molecular flexibility index (Phi) is 2.57. The lowest BCUT2D eigenvalue weighted by Crippen LogP contribution is -2.04. The molecule has 1 rings (SSSR count). The van der Waals surface area contributed by atoms with E-state index in [-0.39, 0.29) is 5.69 Å². The minimum atomic E-state index is -0.467. The van der Waals surface area contributed by atoms with Gasteiger partial charge in [-0.25, -0.2) is 9.48 Å². The van der Waals surface area contributed by atoms with Gasteiger partial charge in [-0.2, -0.15) is 0 Å². The molecule has 0 saturated carbocycles. The Balaban J connectivity index is 2.74. The van der Waals surface area contributed by atoms with Gasteiger partial charge in [-0.1, -0.05) is 11.8 Å². The number of aromatic nitrogens is 3. The van der Waals surface area contributed by atoms with Crippen molar-refractivity contribution < 1.29 is 9.53 Å². The van der Waals surface area contributed by atoms with Crippen molar-refractivity contribution in [1.29, 1.82) is 0 Å². The zero-order valence-electron chi connectivity index (χ0n) is 6.73. The fourth-order valence-corrected chi connectivity index (χ4v) is 0.665. The van der Waals surface area contributed by atoms with Crippen LogP contribution in [0, 0.1) is 0 Å². The number of carbonyl (C=O) groups is 1. The van der Waals surface area contributed by atoms with Crippen molar-refractivity contribution in [3.8, 4) is 0 Å². The summed E-state index contributed by atoms with van der Waals surface area (Å²) in [6, 6.07) is 0. The van der Waals surface area contributed by atoms with E-state index in [0.717, 1.165) is 0 Å². The Hall–Kier alpha value is -1.65. The Morgan fingerprint density at radius 1 is 1.92 bits per heavy atom. The molecule has 0 saturated heterocycles. The first-order valence-electron chi connectivity index (χ1n) is 3.49. The van der Waals surface area contributed by atoms with Crippen LogP contribution in [0.25, 0.3) is 6.20 Å². The number of esters is 1. The van der Waals surface area contributed by atoms with E-state index >= 15 is 0 Å². The molecule has 0 atom stereocenters. The molecule has 0 bridgehead atoms. The minimum Gasteiger partial charge on any atom is -0.461 e. The predicted molar refractivity (Wildman–Crippen MR) is 42.4 cm³/mol. The molecule has 0 spiro atoms. The fraction of sp³-hybridized carbons (Fsp3) is 0.286. The molecule has 0 fully saturated rings. The molecule has 0 N–H and O–H groups in total. The molecule has 0 aliphatic heterocycles. The summed E-state index contributed by atoms with van der Waals surface area (Å²) >= 11 is 0. The van der Waals surface area contributed by atoms with Crippen LogP contribution in [0.2, 0.25) is 0 Å². The first-order chi connectivity index (χ1) is 5.77. The molecule has 64 valence electrons. The first-order valence-corrected chi connectivity index (χ1v) is 3.49. The van der Waals surface area contributed by atoms with E-state index in [2.05, 4.69) is 16.9 Å². The first kappa shape index (κ1) is 8.45. The van der Waals surface area contributed by atoms with E-state index in [9.17, 15) is 4.79 Å². The van der Waals surface area contributed by atoms with E-state index < -0.39 is 5.97 Å². The van der Waals surface area contributed by atoms with Gasteiger partial charge in [0.25, 0.3) is 0 Å². The lowest BCUT2D eigenvalue weighted by atomic mass is 10.5. The molecule has 0 aliphatic rings. The van der Waals surface area contributed by atoms with Gasteiger partial charge < -0.3 is 4.74 Å². The van der Waals surface area contributed by atoms with Crippen molar-refractivity contribution in [3.05, 3.63) is 18.5 Å². The molecule has 5 heteroatoms. The molecule has 1 aromatic heterocycles. The van der Waals surface area contributed by atoms with Gasteiger partial charge >= 0.3 is 5.97 Å². The second kappa shape index (κ2) is 3.66. The van der Waals surface area contributed by atoms with Crippen LogP contribution < -0.4 is 0 Å². The number of rotatable bonds is 3. The molecule has 12 heavy (non-hydrogen) atoms. The largest absolute Gasteiger partial charge is 0.461 e. The van der Waals surface area contributed by atoms with E-state index in [1.54, 1.807) is 6.92 Å². The highest BCUT2D eigenvalue weighted by Gasteiger charge is 2.09. The van der Waals surface area contributed by atoms with Crippen molar-refractivity contribution in [3.63, 3.8) is 0 Å². The zero-order valence-corrected chi connectivity index (χ0v) is 6.73. The third-order valence-electron chi connectivity index (χ3n) is 1.18. The Morgan fingerprint density at radius 3 is 3.17 bits per heavy atom. The molecule has 1 heterocycles. The number of hydrogen-bond acceptors (Lipinski definition) is 4. The maximum atomic E-state index is 11.0. The SMILES string of the molecule is C=Cn1cc(C(=O)OCC)nn1. The van der Waals surface area contributed by atoms with Crippen LogP contribution in [0.1, 0.15) is 17.4 Å². The van der Waals surface area contributed by atoms with Crippen LogP contribution in [0.3, 0.4) is 0 Å². The van der Waals surface area contributed by atoms with Gasteiger partial charge in [-0.05, 0) is 6.92 Å². The van der Waals surface area contributed by atoms with Crippen molar-refractivity contribution in [2.24, 2.45) is 0 Å². The maximum Gasteiger partial charge on any atom is 0.360 e. The van der Waals surface area contributed by atoms with Crippen molar-refractivity contribution in [1.82, 2.24) is 15.0 Å². The molecule has 0 unspecified atom stereocenters. The average molecular weight is 167 g/mol. The summed E-state index contributed by atoms with van der Waals surface area (Å²) in [6.45, 7) is 5.52. The van der Waals surface area contributed by atoms with E-state index in [1.165, 1.54) is 17.1 Å². The van der Waals surface area contributed by atoms with Gasteiger partial charge in [-0.3, -0.25) is 0 Å². The predicted octanol–water partition coefficient (Wildman–Crippen LogP) is 0.555. The minimum absolute atomic E-state index is 0.191. The van der Waals surface area contributed by atoms with Gasteiger partial charge in [0.15, 0.2) is 5.69 Å². The second-order valence-corrected chi connectivity index (χ2v) is 1.99. The average Bonchev–Trinajstić information content (AvgIpc) is 2.52. The summed E-state index contributed by atoms with van der Waals surface area (Å²) in [6.07, 6.45) is 2.89. The van der Waals surface area contributed by atoms with E-state index in [1.807, 2.05) is 0 Å². The van der Waals surface area contributed by atoms with Crippen LogP contribution in [0.5, 0.6) is 0 Å². The number of hydrogen-bond donors (Lipinski definition) is 0. The quantitative estimate of drug-likeness (QED) is 0.617. The van der Waals surface area contributed by atoms with Crippen molar-refractivity contribution in [2.75, 3.05) is 6.61 Å². The molecule has 0 aromatic carbocycles. The van der Waals surface area contributed by atoms with Gasteiger partial charge in [0, 0.05) is 6.20 Å². The smallest absolute Gasteiger partial charge is 0.360 e. The topological polar surface area (TPSA) is 57.0 Å². The van der Waals surface area contributed by atoms with E-state index in [0.29, 0.717) is 6.61 Å². The molecular formula is C7H9N3O2. The Morgan fingerprint density at radius 2 is 2.67 bits per heavy atom. The van der Waals surface area contributed by atoms with Crippen LogP contribution in [-0.4, -0.2) is 27.6 Å². The summed E-state index contributed by atoms with van der Waals surface area (Å²) in [7, 11) is 0. The van der Waals surface area contributed by atoms with Gasteiger partial charge in [0.1, 0.15) is 0 Å². The summed E-state index contributed by atoms with van der Waals surface area (Å²) in [5, 5.41) is 7.16. The van der Waals surface area contributed by atoms with Gasteiger partial charge in [-0.15, -0.1) is 5.10 Å². The Labute approximate surface area is 69.6 Å². The van der Waals surface area contributed by atoms with E-state index in [4.69, 9.17) is 4.74 Å². The lowest BCUT2D eigenvalue weighted by molar-refractivity contribution is 0.0519. The highest BCUT2D eigenvalue weighted by molar-refractivity contribution is 5.86. The van der Waals surface area contributed by atoms with Crippen LogP contribution in [-0.2, 0) is 4.74 Å². The summed E-state index contributed by atoms with van der Waals surface area (Å²) in [5.41, 5.74) is 0.191. The maximum absolute atomic E-state index is 11.0.